The third-order valence-corrected chi connectivity index (χ3v) is 9.53. The van der Waals surface area contributed by atoms with E-state index in [2.05, 4.69) is 60.9 Å². The Kier molecular flexibility index (Phi) is 35.6. The first-order valence-corrected chi connectivity index (χ1v) is 22.2. The maximum atomic E-state index is 12.5. The summed E-state index contributed by atoms with van der Waals surface area (Å²) in [6.45, 7) is 2.70. The highest BCUT2D eigenvalue weighted by Crippen LogP contribution is 2.43. The Morgan fingerprint density at radius 2 is 1.00 bits per heavy atom. The van der Waals surface area contributed by atoms with Crippen molar-refractivity contribution in [1.29, 1.82) is 0 Å². The van der Waals surface area contributed by atoms with Crippen LogP contribution in [-0.4, -0.2) is 59.9 Å². The zero-order valence-electron chi connectivity index (χ0n) is 33.6. The number of nitrogens with two attached hydrogens (primary N) is 1. The minimum absolute atomic E-state index is 0.146. The van der Waals surface area contributed by atoms with E-state index >= 15 is 0 Å². The van der Waals surface area contributed by atoms with Crippen LogP contribution in [0.3, 0.4) is 0 Å². The Morgan fingerprint density at radius 1 is 0.574 bits per heavy atom. The molecule has 312 valence electrons. The van der Waals surface area contributed by atoms with Gasteiger partial charge in [0.15, 0.2) is 6.10 Å². The Morgan fingerprint density at radius 3 is 1.52 bits per heavy atom. The largest absolute Gasteiger partial charge is 0.480 e. The molecule has 11 nitrogen and oxygen atoms in total. The van der Waals surface area contributed by atoms with Crippen LogP contribution in [-0.2, 0) is 37.5 Å². The summed E-state index contributed by atoms with van der Waals surface area (Å²) in [7, 11) is -4.72. The number of ether oxygens (including phenoxy) is 2. The Bertz CT molecular complexity index is 1110. The lowest BCUT2D eigenvalue weighted by Gasteiger charge is -2.20. The van der Waals surface area contributed by atoms with Crippen LogP contribution in [0.5, 0.6) is 0 Å². The molecule has 0 spiro atoms. The van der Waals surface area contributed by atoms with Crippen LogP contribution < -0.4 is 5.73 Å². The number of phosphoric acid groups is 1. The van der Waals surface area contributed by atoms with E-state index in [1.54, 1.807) is 0 Å². The molecule has 0 fully saturated rings. The first kappa shape index (κ1) is 51.4. The van der Waals surface area contributed by atoms with Gasteiger partial charge in [-0.1, -0.05) is 152 Å². The summed E-state index contributed by atoms with van der Waals surface area (Å²) in [6, 6.07) is -1.53. The number of rotatable bonds is 38. The smallest absolute Gasteiger partial charge is 0.472 e. The number of allylic oxidation sites excluding steroid dienone is 8. The fourth-order valence-corrected chi connectivity index (χ4v) is 6.07. The number of esters is 2. The first-order valence-electron chi connectivity index (χ1n) is 20.7. The second-order valence-corrected chi connectivity index (χ2v) is 15.2. The van der Waals surface area contributed by atoms with E-state index in [-0.39, 0.29) is 19.4 Å². The summed E-state index contributed by atoms with van der Waals surface area (Å²) >= 11 is 0. The average Bonchev–Trinajstić information content (AvgIpc) is 3.14. The molecule has 0 rings (SSSR count). The molecule has 3 atom stereocenters. The lowest BCUT2D eigenvalue weighted by atomic mass is 10.1. The number of hydrogen-bond acceptors (Lipinski definition) is 9. The van der Waals surface area contributed by atoms with E-state index in [4.69, 9.17) is 24.8 Å². The van der Waals surface area contributed by atoms with Gasteiger partial charge in [0.2, 0.25) is 0 Å². The van der Waals surface area contributed by atoms with E-state index in [1.165, 1.54) is 83.5 Å². The normalized spacial score (nSPS) is 14.3. The summed E-state index contributed by atoms with van der Waals surface area (Å²) in [6.07, 6.45) is 40.6. The molecule has 4 N–H and O–H groups in total. The van der Waals surface area contributed by atoms with E-state index in [9.17, 15) is 23.8 Å². The molecule has 1 unspecified atom stereocenters. The van der Waals surface area contributed by atoms with Crippen molar-refractivity contribution in [3.05, 3.63) is 48.6 Å². The van der Waals surface area contributed by atoms with E-state index in [1.807, 2.05) is 6.08 Å². The second-order valence-electron chi connectivity index (χ2n) is 13.8. The van der Waals surface area contributed by atoms with Crippen molar-refractivity contribution in [3.63, 3.8) is 0 Å². The van der Waals surface area contributed by atoms with Crippen LogP contribution >= 0.6 is 7.82 Å². The third-order valence-electron chi connectivity index (χ3n) is 8.58. The highest BCUT2D eigenvalue weighted by atomic mass is 31.2. The number of hydrogen-bond donors (Lipinski definition) is 3. The van der Waals surface area contributed by atoms with E-state index in [0.717, 1.165) is 38.5 Å². The number of carbonyl (C=O) groups is 3. The molecule has 0 bridgehead atoms. The summed E-state index contributed by atoms with van der Waals surface area (Å²) in [5.41, 5.74) is 5.31. The van der Waals surface area contributed by atoms with Crippen molar-refractivity contribution in [2.24, 2.45) is 5.73 Å². The lowest BCUT2D eigenvalue weighted by molar-refractivity contribution is -0.161. The van der Waals surface area contributed by atoms with Gasteiger partial charge in [-0.2, -0.15) is 0 Å². The molecule has 0 saturated carbocycles. The highest BCUT2D eigenvalue weighted by molar-refractivity contribution is 7.47. The SMILES string of the molecule is CCCCCCCCC/C=C/C/C=C/C/C=C/C/C=C/CCCC(=O)OC[C@@H](COP(=O)(O)OC[C@H](N)C(=O)O)OC(=O)CCCCCCCCCCC. The zero-order valence-corrected chi connectivity index (χ0v) is 34.4. The molecule has 0 amide bonds. The molecule has 12 heteroatoms. The number of carbonyl (C=O) groups excluding carboxylic acids is 2. The molecular weight excluding hydrogens is 709 g/mol. The minimum atomic E-state index is -4.72. The van der Waals surface area contributed by atoms with Gasteiger partial charge in [-0.05, 0) is 51.4 Å². The number of carboxylic acids is 1. The number of phosphoric ester groups is 1. The molecule has 0 aromatic carbocycles. The van der Waals surface area contributed by atoms with Gasteiger partial charge in [0.25, 0.3) is 0 Å². The Hall–Kier alpha value is -2.56. The second kappa shape index (κ2) is 37.4. The predicted molar refractivity (Wildman–Crippen MR) is 217 cm³/mol. The Balaban J connectivity index is 4.40. The number of aliphatic carboxylic acids is 1. The summed E-state index contributed by atoms with van der Waals surface area (Å²) < 4.78 is 32.5. The van der Waals surface area contributed by atoms with Crippen molar-refractivity contribution in [3.8, 4) is 0 Å². The summed E-state index contributed by atoms with van der Waals surface area (Å²) in [5, 5.41) is 8.86. The van der Waals surface area contributed by atoms with Gasteiger partial charge in [0, 0.05) is 12.8 Å². The fraction of sp³-hybridized carbons (Fsp3) is 0.738. The molecule has 54 heavy (non-hydrogen) atoms. The zero-order chi connectivity index (χ0) is 40.0. The summed E-state index contributed by atoms with van der Waals surface area (Å²) in [5.74, 6) is -2.46. The standard InChI is InChI=1S/C42H74NO10P/c1-3-5-7-9-11-13-14-15-16-17-18-19-20-21-22-23-24-26-27-29-31-33-40(44)50-35-38(36-51-54(48,49)52-37-39(43)42(46)47)53-41(45)34-32-30-28-25-12-10-8-6-4-2/h16-17,19-20,22-23,26-27,38-39H,3-15,18,21,24-25,28-37,43H2,1-2H3,(H,46,47)(H,48,49)/b17-16+,20-19+,23-22+,27-26+/t38-,39-/m0/s1. The van der Waals surface area contributed by atoms with Gasteiger partial charge >= 0.3 is 25.7 Å². The van der Waals surface area contributed by atoms with Gasteiger partial charge in [0.1, 0.15) is 12.6 Å². The number of carboxylic acid groups (broad SMARTS) is 1. The average molecular weight is 784 g/mol. The maximum absolute atomic E-state index is 12.5. The first-order chi connectivity index (χ1) is 26.1. The van der Waals surface area contributed by atoms with Gasteiger partial charge in [-0.25, -0.2) is 4.57 Å². The molecule has 0 heterocycles. The van der Waals surface area contributed by atoms with Gasteiger partial charge in [-0.3, -0.25) is 23.4 Å². The van der Waals surface area contributed by atoms with Gasteiger partial charge in [-0.15, -0.1) is 0 Å². The van der Waals surface area contributed by atoms with E-state index < -0.39 is 51.1 Å². The molecule has 0 aliphatic carbocycles. The third kappa shape index (κ3) is 36.4. The van der Waals surface area contributed by atoms with Crippen LogP contribution in [0, 0.1) is 0 Å². The molecule has 0 radical (unpaired) electrons. The molecule has 0 aliphatic heterocycles. The molecule has 0 aromatic heterocycles. The molecular formula is C42H74NO10P. The Labute approximate surface area is 326 Å². The summed E-state index contributed by atoms with van der Waals surface area (Å²) in [4.78, 5) is 45.7. The predicted octanol–water partition coefficient (Wildman–Crippen LogP) is 10.6. The topological polar surface area (TPSA) is 172 Å². The van der Waals surface area contributed by atoms with E-state index in [0.29, 0.717) is 19.3 Å². The molecule has 0 aliphatic rings. The lowest BCUT2D eigenvalue weighted by Crippen LogP contribution is -2.34. The maximum Gasteiger partial charge on any atom is 0.472 e. The van der Waals surface area contributed by atoms with Crippen molar-refractivity contribution >= 4 is 25.7 Å². The van der Waals surface area contributed by atoms with Crippen LogP contribution in [0.15, 0.2) is 48.6 Å². The van der Waals surface area contributed by atoms with Gasteiger partial charge < -0.3 is 25.2 Å². The minimum Gasteiger partial charge on any atom is -0.480 e. The van der Waals surface area contributed by atoms with Crippen LogP contribution in [0.25, 0.3) is 0 Å². The fourth-order valence-electron chi connectivity index (χ4n) is 5.29. The van der Waals surface area contributed by atoms with Crippen molar-refractivity contribution in [2.45, 2.75) is 180 Å². The van der Waals surface area contributed by atoms with Crippen LogP contribution in [0.2, 0.25) is 0 Å². The molecule has 0 aromatic rings. The van der Waals surface area contributed by atoms with Crippen molar-refractivity contribution in [1.82, 2.24) is 0 Å². The highest BCUT2D eigenvalue weighted by Gasteiger charge is 2.28. The van der Waals surface area contributed by atoms with Crippen LogP contribution in [0.4, 0.5) is 0 Å². The van der Waals surface area contributed by atoms with Crippen LogP contribution in [0.1, 0.15) is 168 Å². The quantitative estimate of drug-likeness (QED) is 0.0235. The molecule has 0 saturated heterocycles. The monoisotopic (exact) mass is 784 g/mol. The number of unbranched alkanes of at least 4 members (excludes halogenated alkanes) is 16. The van der Waals surface area contributed by atoms with Crippen molar-refractivity contribution < 1.29 is 47.5 Å². The van der Waals surface area contributed by atoms with Gasteiger partial charge in [0.05, 0.1) is 13.2 Å². The van der Waals surface area contributed by atoms with Crippen molar-refractivity contribution in [2.75, 3.05) is 19.8 Å².